The quantitative estimate of drug-likeness (QED) is 0.369. The Morgan fingerprint density at radius 2 is 1.56 bits per heavy atom. The van der Waals surface area contributed by atoms with Gasteiger partial charge in [-0.1, -0.05) is 37.3 Å². The van der Waals surface area contributed by atoms with E-state index in [-0.39, 0.29) is 5.92 Å². The molecule has 0 aliphatic heterocycles. The molecule has 3 heteroatoms. The third-order valence-electron chi connectivity index (χ3n) is 8.56. The molecule has 4 rings (SSSR count). The normalized spacial score (nSPS) is 27.0. The number of hydrogen-bond acceptors (Lipinski definition) is 1. The predicted molar refractivity (Wildman–Crippen MR) is 138 cm³/mol. The second-order valence-electron chi connectivity index (χ2n) is 10.5. The van der Waals surface area contributed by atoms with Gasteiger partial charge in [-0.15, -0.1) is 0 Å². The van der Waals surface area contributed by atoms with Crippen molar-refractivity contribution in [2.45, 2.75) is 78.1 Å². The first kappa shape index (κ1) is 24.9. The molecule has 34 heavy (non-hydrogen) atoms. The van der Waals surface area contributed by atoms with Crippen molar-refractivity contribution in [2.75, 3.05) is 6.61 Å². The van der Waals surface area contributed by atoms with E-state index in [1.807, 2.05) is 37.3 Å². The first-order valence-electron chi connectivity index (χ1n) is 13.3. The average Bonchev–Trinajstić information content (AvgIpc) is 2.87. The van der Waals surface area contributed by atoms with Gasteiger partial charge < -0.3 is 4.74 Å². The molecule has 0 amide bonds. The fraction of sp³-hybridized carbons (Fsp3) is 0.548. The van der Waals surface area contributed by atoms with E-state index in [1.54, 1.807) is 6.07 Å². The minimum atomic E-state index is -0.748. The lowest BCUT2D eigenvalue weighted by Gasteiger charge is -2.39. The van der Waals surface area contributed by atoms with Gasteiger partial charge in [0.2, 0.25) is 0 Å². The molecule has 1 nitrogen and oxygen atoms in total. The SMILES string of the molecule is C/C=C/COc1ccc2cc(C(C)C3CCC(C4CCC(/C=C/C)CC4)CC3)c(F)c(F)c2c1. The van der Waals surface area contributed by atoms with Crippen molar-refractivity contribution in [1.82, 2.24) is 0 Å². The number of halogens is 2. The fourth-order valence-corrected chi connectivity index (χ4v) is 6.44. The molecular formula is C31H40F2O. The molecule has 1 atom stereocenters. The van der Waals surface area contributed by atoms with Crippen molar-refractivity contribution in [2.24, 2.45) is 23.7 Å². The predicted octanol–water partition coefficient (Wildman–Crippen LogP) is 9.37. The zero-order chi connectivity index (χ0) is 24.1. The molecule has 0 aromatic heterocycles. The van der Waals surface area contributed by atoms with E-state index >= 15 is 8.78 Å². The topological polar surface area (TPSA) is 9.23 Å². The van der Waals surface area contributed by atoms with Crippen LogP contribution in [0.1, 0.15) is 83.6 Å². The largest absolute Gasteiger partial charge is 0.490 e. The van der Waals surface area contributed by atoms with Gasteiger partial charge >= 0.3 is 0 Å². The maximum Gasteiger partial charge on any atom is 0.167 e. The van der Waals surface area contributed by atoms with Gasteiger partial charge in [0.05, 0.1) is 0 Å². The summed E-state index contributed by atoms with van der Waals surface area (Å²) in [5.74, 6) is 2.02. The highest BCUT2D eigenvalue weighted by atomic mass is 19.2. The van der Waals surface area contributed by atoms with Crippen LogP contribution in [-0.4, -0.2) is 6.61 Å². The number of hydrogen-bond donors (Lipinski definition) is 0. The molecule has 184 valence electrons. The number of fused-ring (bicyclic) bond motifs is 1. The summed E-state index contributed by atoms with van der Waals surface area (Å²) in [6.45, 7) is 6.55. The fourth-order valence-electron chi connectivity index (χ4n) is 6.44. The highest BCUT2D eigenvalue weighted by molar-refractivity contribution is 5.85. The molecule has 2 aliphatic carbocycles. The smallest absolute Gasteiger partial charge is 0.167 e. The monoisotopic (exact) mass is 466 g/mol. The van der Waals surface area contributed by atoms with E-state index < -0.39 is 11.6 Å². The van der Waals surface area contributed by atoms with Crippen LogP contribution in [0.5, 0.6) is 5.75 Å². The Bertz CT molecular complexity index is 1010. The highest BCUT2D eigenvalue weighted by Crippen LogP contribution is 2.45. The van der Waals surface area contributed by atoms with E-state index in [0.717, 1.165) is 36.0 Å². The molecule has 2 aromatic rings. The third kappa shape index (κ3) is 5.56. The second-order valence-corrected chi connectivity index (χ2v) is 10.5. The third-order valence-corrected chi connectivity index (χ3v) is 8.56. The second kappa shape index (κ2) is 11.5. The van der Waals surface area contributed by atoms with Crippen LogP contribution in [0.2, 0.25) is 0 Å². The van der Waals surface area contributed by atoms with Crippen molar-refractivity contribution in [3.63, 3.8) is 0 Å². The van der Waals surface area contributed by atoms with Crippen LogP contribution in [0, 0.1) is 35.3 Å². The van der Waals surface area contributed by atoms with Gasteiger partial charge in [0.1, 0.15) is 12.4 Å². The van der Waals surface area contributed by atoms with E-state index in [9.17, 15) is 0 Å². The number of benzene rings is 2. The first-order chi connectivity index (χ1) is 16.5. The van der Waals surface area contributed by atoms with E-state index in [2.05, 4.69) is 26.0 Å². The molecule has 1 unspecified atom stereocenters. The molecule has 0 bridgehead atoms. The van der Waals surface area contributed by atoms with Gasteiger partial charge in [-0.3, -0.25) is 0 Å². The molecule has 2 aromatic carbocycles. The van der Waals surface area contributed by atoms with E-state index in [1.165, 1.54) is 38.5 Å². The molecule has 2 fully saturated rings. The van der Waals surface area contributed by atoms with Gasteiger partial charge in [0.15, 0.2) is 11.6 Å². The molecule has 0 heterocycles. The summed E-state index contributed by atoms with van der Waals surface area (Å²) >= 11 is 0. The summed E-state index contributed by atoms with van der Waals surface area (Å²) in [4.78, 5) is 0. The van der Waals surface area contributed by atoms with Crippen LogP contribution in [0.4, 0.5) is 8.78 Å². The standard InChI is InChI=1S/C31H40F2O/c1-4-6-18-34-27-17-16-26-19-28(30(32)31(33)29(26)20-27)21(3)23-12-14-25(15-13-23)24-10-8-22(7-5-2)9-11-24/h4-7,16-17,19-25H,8-15,18H2,1-3H3/b6-4+,7-5+. The van der Waals surface area contributed by atoms with E-state index in [4.69, 9.17) is 4.74 Å². The molecular weight excluding hydrogens is 426 g/mol. The van der Waals surface area contributed by atoms with Crippen LogP contribution in [0.25, 0.3) is 10.8 Å². The van der Waals surface area contributed by atoms with Crippen LogP contribution in [0.3, 0.4) is 0 Å². The van der Waals surface area contributed by atoms with Gasteiger partial charge in [-0.05, 0) is 124 Å². The Kier molecular flexibility index (Phi) is 8.45. The first-order valence-corrected chi connectivity index (χ1v) is 13.3. The highest BCUT2D eigenvalue weighted by Gasteiger charge is 2.33. The number of allylic oxidation sites excluding steroid dienone is 3. The minimum Gasteiger partial charge on any atom is -0.490 e. The van der Waals surface area contributed by atoms with Gasteiger partial charge in [0.25, 0.3) is 0 Å². The summed E-state index contributed by atoms with van der Waals surface area (Å²) in [6.07, 6.45) is 18.4. The Balaban J connectivity index is 1.41. The summed E-state index contributed by atoms with van der Waals surface area (Å²) in [7, 11) is 0. The molecule has 2 aliphatic rings. The van der Waals surface area contributed by atoms with Crippen LogP contribution in [0.15, 0.2) is 48.6 Å². The van der Waals surface area contributed by atoms with Crippen molar-refractivity contribution in [3.8, 4) is 5.75 Å². The summed E-state index contributed by atoms with van der Waals surface area (Å²) in [5.41, 5.74) is 0.530. The molecule has 0 radical (unpaired) electrons. The molecule has 2 saturated carbocycles. The van der Waals surface area contributed by atoms with Crippen molar-refractivity contribution < 1.29 is 13.5 Å². The Hall–Kier alpha value is -2.16. The maximum atomic E-state index is 15.2. The van der Waals surface area contributed by atoms with Gasteiger partial charge in [0, 0.05) is 5.39 Å². The minimum absolute atomic E-state index is 0.0240. The average molecular weight is 467 g/mol. The molecule has 0 saturated heterocycles. The molecule has 0 N–H and O–H groups in total. The summed E-state index contributed by atoms with van der Waals surface area (Å²) in [6, 6.07) is 7.17. The molecule has 0 spiro atoms. The van der Waals surface area contributed by atoms with Gasteiger partial charge in [-0.25, -0.2) is 8.78 Å². The summed E-state index contributed by atoms with van der Waals surface area (Å²) in [5, 5.41) is 1.04. The Morgan fingerprint density at radius 3 is 2.21 bits per heavy atom. The Morgan fingerprint density at radius 1 is 0.882 bits per heavy atom. The lowest BCUT2D eigenvalue weighted by atomic mass is 9.67. The van der Waals surface area contributed by atoms with Crippen LogP contribution >= 0.6 is 0 Å². The van der Waals surface area contributed by atoms with Crippen molar-refractivity contribution in [3.05, 3.63) is 65.8 Å². The van der Waals surface area contributed by atoms with Crippen LogP contribution in [-0.2, 0) is 0 Å². The lowest BCUT2D eigenvalue weighted by Crippen LogP contribution is -2.27. The van der Waals surface area contributed by atoms with E-state index in [0.29, 0.717) is 29.2 Å². The zero-order valence-electron chi connectivity index (χ0n) is 21.0. The number of ether oxygens (including phenoxy) is 1. The zero-order valence-corrected chi connectivity index (χ0v) is 21.0. The van der Waals surface area contributed by atoms with Gasteiger partial charge in [-0.2, -0.15) is 0 Å². The Labute approximate surface area is 204 Å². The lowest BCUT2D eigenvalue weighted by molar-refractivity contribution is 0.147. The van der Waals surface area contributed by atoms with Crippen LogP contribution < -0.4 is 4.74 Å². The maximum absolute atomic E-state index is 15.2. The van der Waals surface area contributed by atoms with Crippen molar-refractivity contribution >= 4 is 10.8 Å². The summed E-state index contributed by atoms with van der Waals surface area (Å²) < 4.78 is 35.9. The van der Waals surface area contributed by atoms with Crippen molar-refractivity contribution in [1.29, 1.82) is 0 Å². The number of rotatable bonds is 7.